The van der Waals surface area contributed by atoms with Gasteiger partial charge in [-0.15, -0.1) is 0 Å². The van der Waals surface area contributed by atoms with E-state index in [2.05, 4.69) is 4.90 Å². The zero-order valence-corrected chi connectivity index (χ0v) is 13.6. The second-order valence-electron chi connectivity index (χ2n) is 6.58. The van der Waals surface area contributed by atoms with E-state index in [1.54, 1.807) is 6.92 Å². The Morgan fingerprint density at radius 2 is 1.74 bits per heavy atom. The molecule has 0 saturated carbocycles. The fourth-order valence-corrected chi connectivity index (χ4v) is 4.29. The van der Waals surface area contributed by atoms with E-state index >= 15 is 0 Å². The molecule has 0 spiro atoms. The molecule has 2 amide bonds. The summed E-state index contributed by atoms with van der Waals surface area (Å²) in [5.41, 5.74) is 6.69. The SMILES string of the molecule is CC(=O)N1CCCC1C1CCCN1C(C(N)=O)c1ccccc1. The lowest BCUT2D eigenvalue weighted by Gasteiger charge is -2.38. The van der Waals surface area contributed by atoms with E-state index in [-0.39, 0.29) is 23.9 Å². The number of hydrogen-bond acceptors (Lipinski definition) is 3. The number of nitrogens with zero attached hydrogens (tertiary/aromatic N) is 2. The summed E-state index contributed by atoms with van der Waals surface area (Å²) in [4.78, 5) is 28.3. The number of carbonyl (C=O) groups is 2. The van der Waals surface area contributed by atoms with Crippen LogP contribution in [-0.4, -0.2) is 46.8 Å². The molecular weight excluding hydrogens is 290 g/mol. The van der Waals surface area contributed by atoms with Crippen LogP contribution in [-0.2, 0) is 9.59 Å². The normalized spacial score (nSPS) is 26.4. The molecule has 3 unspecified atom stereocenters. The van der Waals surface area contributed by atoms with Crippen LogP contribution in [0.5, 0.6) is 0 Å². The van der Waals surface area contributed by atoms with Crippen molar-refractivity contribution in [3.05, 3.63) is 35.9 Å². The number of hydrogen-bond donors (Lipinski definition) is 1. The van der Waals surface area contributed by atoms with Crippen molar-refractivity contribution in [2.24, 2.45) is 5.73 Å². The summed E-state index contributed by atoms with van der Waals surface area (Å²) in [6.45, 7) is 3.33. The Hall–Kier alpha value is -1.88. The molecule has 23 heavy (non-hydrogen) atoms. The molecule has 1 aromatic carbocycles. The minimum atomic E-state index is -0.405. The van der Waals surface area contributed by atoms with E-state index in [0.29, 0.717) is 0 Å². The molecule has 2 fully saturated rings. The maximum Gasteiger partial charge on any atom is 0.239 e. The van der Waals surface area contributed by atoms with Gasteiger partial charge in [-0.05, 0) is 37.8 Å². The van der Waals surface area contributed by atoms with Gasteiger partial charge >= 0.3 is 0 Å². The Labute approximate surface area is 137 Å². The molecule has 0 aromatic heterocycles. The predicted molar refractivity (Wildman–Crippen MR) is 88.5 cm³/mol. The number of nitrogens with two attached hydrogens (primary N) is 1. The minimum absolute atomic E-state index is 0.134. The molecule has 3 rings (SSSR count). The van der Waals surface area contributed by atoms with Crippen LogP contribution in [0.1, 0.15) is 44.2 Å². The molecule has 3 atom stereocenters. The molecule has 1 aromatic rings. The monoisotopic (exact) mass is 315 g/mol. The third-order valence-corrected chi connectivity index (χ3v) is 5.21. The van der Waals surface area contributed by atoms with Gasteiger partial charge in [-0.3, -0.25) is 14.5 Å². The summed E-state index contributed by atoms with van der Waals surface area (Å²) in [7, 11) is 0. The zero-order chi connectivity index (χ0) is 16.4. The first-order valence-electron chi connectivity index (χ1n) is 8.47. The summed E-state index contributed by atoms with van der Waals surface area (Å²) >= 11 is 0. The number of primary amides is 1. The van der Waals surface area contributed by atoms with Crippen molar-refractivity contribution in [2.75, 3.05) is 13.1 Å². The lowest BCUT2D eigenvalue weighted by Crippen LogP contribution is -2.50. The standard InChI is InChI=1S/C18H25N3O2/c1-13(22)20-11-5-9-15(20)16-10-6-12-21(16)17(18(19)23)14-7-3-2-4-8-14/h2-4,7-8,15-17H,5-6,9-12H2,1H3,(H2,19,23). The largest absolute Gasteiger partial charge is 0.368 e. The number of likely N-dealkylation sites (tertiary alicyclic amines) is 2. The summed E-state index contributed by atoms with van der Waals surface area (Å²) < 4.78 is 0. The van der Waals surface area contributed by atoms with Gasteiger partial charge in [0.25, 0.3) is 0 Å². The van der Waals surface area contributed by atoms with Gasteiger partial charge in [0.2, 0.25) is 11.8 Å². The van der Waals surface area contributed by atoms with Crippen LogP contribution < -0.4 is 5.73 Å². The third kappa shape index (κ3) is 3.11. The lowest BCUT2D eigenvalue weighted by molar-refractivity contribution is -0.131. The summed E-state index contributed by atoms with van der Waals surface area (Å²) in [5, 5.41) is 0. The van der Waals surface area contributed by atoms with Gasteiger partial charge in [0.15, 0.2) is 0 Å². The van der Waals surface area contributed by atoms with Gasteiger partial charge in [-0.25, -0.2) is 0 Å². The van der Waals surface area contributed by atoms with E-state index in [9.17, 15) is 9.59 Å². The Kier molecular flexibility index (Phi) is 4.66. The quantitative estimate of drug-likeness (QED) is 0.919. The molecule has 5 heteroatoms. The van der Waals surface area contributed by atoms with Crippen LogP contribution in [0.3, 0.4) is 0 Å². The van der Waals surface area contributed by atoms with E-state index < -0.39 is 6.04 Å². The maximum atomic E-state index is 12.2. The highest BCUT2D eigenvalue weighted by atomic mass is 16.2. The van der Waals surface area contributed by atoms with Crippen LogP contribution in [0, 0.1) is 0 Å². The van der Waals surface area contributed by atoms with Gasteiger partial charge < -0.3 is 10.6 Å². The van der Waals surface area contributed by atoms with Gasteiger partial charge in [0.05, 0.1) is 0 Å². The Balaban J connectivity index is 1.87. The first-order chi connectivity index (χ1) is 11.1. The van der Waals surface area contributed by atoms with Crippen molar-refractivity contribution >= 4 is 11.8 Å². The molecule has 2 saturated heterocycles. The first kappa shape index (κ1) is 16.0. The molecule has 0 aliphatic carbocycles. The molecule has 0 radical (unpaired) electrons. The van der Waals surface area contributed by atoms with E-state index in [1.165, 1.54) is 0 Å². The molecule has 2 aliphatic rings. The van der Waals surface area contributed by atoms with Gasteiger partial charge in [0, 0.05) is 25.6 Å². The van der Waals surface area contributed by atoms with Crippen molar-refractivity contribution in [3.8, 4) is 0 Å². The van der Waals surface area contributed by atoms with Crippen LogP contribution in [0.25, 0.3) is 0 Å². The third-order valence-electron chi connectivity index (χ3n) is 5.21. The lowest BCUT2D eigenvalue weighted by atomic mass is 9.98. The van der Waals surface area contributed by atoms with Crippen LogP contribution in [0.15, 0.2) is 30.3 Å². The maximum absolute atomic E-state index is 12.2. The smallest absolute Gasteiger partial charge is 0.239 e. The van der Waals surface area contributed by atoms with Crippen LogP contribution in [0.2, 0.25) is 0 Å². The van der Waals surface area contributed by atoms with Crippen molar-refractivity contribution in [1.29, 1.82) is 0 Å². The second-order valence-corrected chi connectivity index (χ2v) is 6.58. The summed E-state index contributed by atoms with van der Waals surface area (Å²) in [5.74, 6) is -0.176. The highest BCUT2D eigenvalue weighted by Crippen LogP contribution is 2.35. The zero-order valence-electron chi connectivity index (χ0n) is 13.6. The fraction of sp³-hybridized carbons (Fsp3) is 0.556. The summed E-state index contributed by atoms with van der Waals surface area (Å²) in [6.07, 6.45) is 4.12. The Morgan fingerprint density at radius 1 is 1.09 bits per heavy atom. The number of amides is 2. The topological polar surface area (TPSA) is 66.6 Å². The highest BCUT2D eigenvalue weighted by Gasteiger charge is 2.42. The van der Waals surface area contributed by atoms with Crippen molar-refractivity contribution in [1.82, 2.24) is 9.80 Å². The summed E-state index contributed by atoms with van der Waals surface area (Å²) in [6, 6.07) is 9.77. The minimum Gasteiger partial charge on any atom is -0.368 e. The fourth-order valence-electron chi connectivity index (χ4n) is 4.29. The Morgan fingerprint density at radius 3 is 2.39 bits per heavy atom. The van der Waals surface area contributed by atoms with Gasteiger partial charge in [0.1, 0.15) is 6.04 Å². The second kappa shape index (κ2) is 6.71. The molecule has 2 aliphatic heterocycles. The van der Waals surface area contributed by atoms with Gasteiger partial charge in [-0.2, -0.15) is 0 Å². The molecule has 2 N–H and O–H groups in total. The van der Waals surface area contributed by atoms with E-state index in [0.717, 1.165) is 44.3 Å². The molecule has 0 bridgehead atoms. The Bertz CT molecular complexity index is 575. The average molecular weight is 315 g/mol. The van der Waals surface area contributed by atoms with Crippen molar-refractivity contribution < 1.29 is 9.59 Å². The molecular formula is C18H25N3O2. The van der Waals surface area contributed by atoms with Crippen LogP contribution >= 0.6 is 0 Å². The molecule has 2 heterocycles. The van der Waals surface area contributed by atoms with Crippen molar-refractivity contribution in [3.63, 3.8) is 0 Å². The first-order valence-corrected chi connectivity index (χ1v) is 8.47. The number of rotatable bonds is 4. The number of carbonyl (C=O) groups excluding carboxylic acids is 2. The van der Waals surface area contributed by atoms with E-state index in [4.69, 9.17) is 5.73 Å². The highest BCUT2D eigenvalue weighted by molar-refractivity contribution is 5.81. The van der Waals surface area contributed by atoms with Crippen LogP contribution in [0.4, 0.5) is 0 Å². The van der Waals surface area contributed by atoms with Gasteiger partial charge in [-0.1, -0.05) is 30.3 Å². The van der Waals surface area contributed by atoms with E-state index in [1.807, 2.05) is 35.2 Å². The average Bonchev–Trinajstić information content (AvgIpc) is 3.16. The molecule has 5 nitrogen and oxygen atoms in total. The number of benzene rings is 1. The van der Waals surface area contributed by atoms with Crippen molar-refractivity contribution in [2.45, 2.75) is 50.7 Å². The predicted octanol–water partition coefficient (Wildman–Crippen LogP) is 1.69. The molecule has 124 valence electrons.